The summed E-state index contributed by atoms with van der Waals surface area (Å²) < 4.78 is 20.5. The summed E-state index contributed by atoms with van der Waals surface area (Å²) in [5.74, 6) is -24.8. The topological polar surface area (TPSA) is 603 Å². The number of aromatic nitrogens is 1. The molecule has 1 fully saturated rings. The number of nitrogens with two attached hydrogens (primary N) is 1. The molecule has 13 atom stereocenters. The van der Waals surface area contributed by atoms with E-state index in [-0.39, 0.29) is 68.6 Å². The van der Waals surface area contributed by atoms with Crippen LogP contribution in [0.4, 0.5) is 5.69 Å². The number of aliphatic hydroxyl groups excluding tert-OH is 1. The molecule has 0 bridgehead atoms. The average Bonchev–Trinajstić information content (AvgIpc) is 1.52. The number of Topliss-reactive ketones (excluding diaryl/α,β-unsaturated/α-hetero) is 4. The summed E-state index contributed by atoms with van der Waals surface area (Å²) in [5.41, 5.74) is 10.7. The van der Waals surface area contributed by atoms with Gasteiger partial charge in [0.1, 0.15) is 49.5 Å². The van der Waals surface area contributed by atoms with Crippen LogP contribution in [0.3, 0.4) is 0 Å². The van der Waals surface area contributed by atoms with E-state index in [0.29, 0.717) is 22.9 Å². The highest BCUT2D eigenvalue weighted by atomic mass is 16.5. The molecule has 1 aromatic heterocycles. The van der Waals surface area contributed by atoms with Gasteiger partial charge in [-0.25, -0.2) is 4.79 Å². The molecule has 4 rings (SSSR count). The lowest BCUT2D eigenvalue weighted by atomic mass is 9.87. The van der Waals surface area contributed by atoms with Gasteiger partial charge in [0.25, 0.3) is 19.4 Å². The van der Waals surface area contributed by atoms with Crippen molar-refractivity contribution < 1.29 is 126 Å². The number of hydrogen-bond donors (Lipinski definition) is 16. The number of aliphatic hydroxyl groups is 1. The van der Waals surface area contributed by atoms with Gasteiger partial charge in [-0.2, -0.15) is 0 Å². The Kier molecular flexibility index (Phi) is 42.3. The molecule has 116 heavy (non-hydrogen) atoms. The van der Waals surface area contributed by atoms with Crippen molar-refractivity contribution in [1.29, 1.82) is 0 Å². The van der Waals surface area contributed by atoms with Gasteiger partial charge in [-0.05, 0) is 56.9 Å². The second-order valence-corrected chi connectivity index (χ2v) is 28.1. The third-order valence-corrected chi connectivity index (χ3v) is 19.1. The van der Waals surface area contributed by atoms with Crippen LogP contribution in [0.1, 0.15) is 146 Å². The van der Waals surface area contributed by atoms with Gasteiger partial charge in [0.2, 0.25) is 59.1 Å². The first-order valence-electron chi connectivity index (χ1n) is 38.1. The molecular formula is C77H109N14O25+. The molecule has 2 heterocycles. The zero-order valence-corrected chi connectivity index (χ0v) is 65.7. The molecule has 1 unspecified atom stereocenters. The number of unbranched alkanes of at least 4 members (excludes halogenated alkanes) is 6. The Morgan fingerprint density at radius 1 is 0.690 bits per heavy atom. The molecule has 19 N–H and O–H groups in total. The Morgan fingerprint density at radius 2 is 1.32 bits per heavy atom. The van der Waals surface area contributed by atoms with Gasteiger partial charge in [0, 0.05) is 85.5 Å². The number of aromatic amines is 1. The summed E-state index contributed by atoms with van der Waals surface area (Å²) in [4.78, 5) is 264. The summed E-state index contributed by atoms with van der Waals surface area (Å²) in [6.07, 6.45) is -0.444. The normalized spacial score (nSPS) is 21.1. The maximum Gasteiger partial charge on any atom is 0.329 e. The minimum absolute atomic E-state index is 0.00879. The second kappa shape index (κ2) is 50.9. The molecule has 0 radical (unpaired) electrons. The highest BCUT2D eigenvalue weighted by Gasteiger charge is 2.41. The van der Waals surface area contributed by atoms with Gasteiger partial charge >= 0.3 is 11.9 Å². The Balaban J connectivity index is 1.88. The number of carbonyl (C=O) groups is 19. The van der Waals surface area contributed by atoms with Gasteiger partial charge in [-0.15, -0.1) is 0 Å². The fourth-order valence-electron chi connectivity index (χ4n) is 12.5. The number of hydrogen-bond acceptors (Lipinski definition) is 26. The number of carboxylic acid groups (broad SMARTS) is 1. The third kappa shape index (κ3) is 32.8. The number of para-hydroxylation sites is 2. The number of carbonyl (C=O) groups excluding carboxylic acids is 18. The van der Waals surface area contributed by atoms with Crippen LogP contribution >= 0.6 is 0 Å². The summed E-state index contributed by atoms with van der Waals surface area (Å²) >= 11 is 0. The number of rotatable bonds is 40. The summed E-state index contributed by atoms with van der Waals surface area (Å²) in [7, 11) is 1.46. The zero-order chi connectivity index (χ0) is 86.0. The molecule has 10 amide bonds. The number of cyclic esters (lactones) is 1. The minimum atomic E-state index is -2.31. The highest BCUT2D eigenvalue weighted by molar-refractivity contribution is 6.05. The number of ketones is 4. The Bertz CT molecular complexity index is 3940. The number of quaternary nitrogens is 1. The lowest BCUT2D eigenvalue weighted by molar-refractivity contribution is -0.368. The molecule has 0 aliphatic carbocycles. The van der Waals surface area contributed by atoms with Crippen molar-refractivity contribution in [2.75, 3.05) is 58.4 Å². The Labute approximate surface area is 669 Å². The lowest BCUT2D eigenvalue weighted by Gasteiger charge is -2.29. The lowest BCUT2D eigenvalue weighted by Crippen LogP contribution is -2.58. The number of esters is 1. The average molecular weight is 1630 g/mol. The first kappa shape index (κ1) is 96.3. The van der Waals surface area contributed by atoms with Gasteiger partial charge in [-0.1, -0.05) is 89.3 Å². The number of benzene rings is 2. The Morgan fingerprint density at radius 3 is 1.97 bits per heavy atom. The maximum atomic E-state index is 15.0. The molecule has 2 aromatic carbocycles. The molecule has 636 valence electrons. The first-order chi connectivity index (χ1) is 55.3. The van der Waals surface area contributed by atoms with Gasteiger partial charge in [-0.3, -0.25) is 86.3 Å². The number of amides is 10. The van der Waals surface area contributed by atoms with Gasteiger partial charge < -0.3 is 104 Å². The minimum Gasteiger partial charge on any atom is -0.481 e. The first-order valence-corrected chi connectivity index (χ1v) is 38.1. The van der Waals surface area contributed by atoms with Crippen LogP contribution in [-0.4, -0.2) is 236 Å². The SMILES string of the molecule is C=C1N[C@@H](COC=O)C(=O)NCC(=O)N[C@H](CO)C(=O)C[C@@H](C(C)COC=O)C(=O)N[C@@H](CC(=O)c2ccccc2NC)C(=O)O[C@H](C)[C@H](NC(=O)[C@H](CC(=O)O)CC(=O)[C@@H](CC(N)=O)NC(=O)[C@H](Cc2c[nH]c3ccccc23)NC(=O)CCCCCCCCC)C(=O)NCC(=O)N[C@@H](CCC[NH3+])C(=O)C[C@@H](COC=O)C(=O)N[C@@H]1C. The predicted molar refractivity (Wildman–Crippen MR) is 411 cm³/mol. The van der Waals surface area contributed by atoms with Crippen molar-refractivity contribution in [3.05, 3.63) is 78.1 Å². The van der Waals surface area contributed by atoms with Crippen molar-refractivity contribution in [2.24, 2.45) is 29.4 Å². The largest absolute Gasteiger partial charge is 0.481 e. The molecule has 1 aliphatic rings. The summed E-state index contributed by atoms with van der Waals surface area (Å²) in [5, 5.41) is 48.5. The van der Waals surface area contributed by atoms with Crippen molar-refractivity contribution in [1.82, 2.24) is 58.2 Å². The third-order valence-electron chi connectivity index (χ3n) is 19.1. The van der Waals surface area contributed by atoms with Crippen LogP contribution in [0.5, 0.6) is 0 Å². The van der Waals surface area contributed by atoms with Crippen molar-refractivity contribution in [2.45, 2.75) is 191 Å². The molecule has 3 aromatic rings. The number of anilines is 1. The molecular weight excluding hydrogens is 1520 g/mol. The van der Waals surface area contributed by atoms with Gasteiger partial charge in [0.15, 0.2) is 23.1 Å². The van der Waals surface area contributed by atoms with Crippen LogP contribution in [-0.2, 0) is 112 Å². The molecule has 0 spiro atoms. The number of primary amides is 1. The quantitative estimate of drug-likeness (QED) is 0.00918. The molecule has 1 saturated heterocycles. The smallest absolute Gasteiger partial charge is 0.329 e. The maximum absolute atomic E-state index is 15.0. The number of fused-ring (bicyclic) bond motifs is 1. The van der Waals surface area contributed by atoms with E-state index in [1.165, 1.54) is 39.1 Å². The van der Waals surface area contributed by atoms with E-state index in [1.807, 2.05) is 0 Å². The monoisotopic (exact) mass is 1630 g/mol. The van der Waals surface area contributed by atoms with Crippen LogP contribution < -0.4 is 70.0 Å². The number of H-pyrrole nitrogens is 1. The zero-order valence-electron chi connectivity index (χ0n) is 65.7. The second-order valence-electron chi connectivity index (χ2n) is 28.1. The standard InChI is InChI=1S/C77H108N14O25/c1-7-8-9-10-11-12-13-24-66(101)87-57(26-48-33-81-54-22-17-14-19-50(48)54)75(110)89-56(32-65(79)100)63(98)27-47(29-69(104)105)71(106)91-70-46(5)116-77(112)58(31-61(96)51-20-15-16-21-53(51)80-6)90-73(108)52(43(2)37-113-40-93)30-64(99)59(36-92)88-68(103)34-82-74(109)60(39-115-42-95)84-44(3)45(4)85-72(107)49(38-114-41-94)28-62(97)55(23-18-25-78)86-67(102)35-83-76(70)111/h14-17,19-22,33,40-43,45-47,49,52,55-60,70,80-81,84,92H,3,7-13,18,23-32,34-39,78H2,1-2,4-6H3,(H2,79,100)(H,82,109)(H,83,111)(H,85,107)(H,86,102)(H,87,101)(H,88,103)(H,89,110)(H,90,108)(H,91,106)(H,104,105)/p+1/t43?,45-,46-,47+,49+,52+,55+,56-,57+,58+,59-,60+,70+/m1/s1. The van der Waals surface area contributed by atoms with E-state index < -0.39 is 250 Å². The fraction of sp³-hybridized carbons (Fsp3) is 0.545. The van der Waals surface area contributed by atoms with Crippen molar-refractivity contribution >= 4 is 130 Å². The van der Waals surface area contributed by atoms with Crippen molar-refractivity contribution in [3.8, 4) is 0 Å². The van der Waals surface area contributed by atoms with E-state index in [0.717, 1.165) is 45.4 Å². The van der Waals surface area contributed by atoms with E-state index in [9.17, 15) is 96.5 Å². The van der Waals surface area contributed by atoms with Crippen LogP contribution in [0, 0.1) is 23.7 Å². The number of nitrogens with one attached hydrogen (secondary N) is 12. The fourth-order valence-corrected chi connectivity index (χ4v) is 12.5. The van der Waals surface area contributed by atoms with E-state index in [4.69, 9.17) is 24.7 Å². The van der Waals surface area contributed by atoms with Crippen LogP contribution in [0.25, 0.3) is 10.9 Å². The molecule has 39 nitrogen and oxygen atoms in total. The van der Waals surface area contributed by atoms with Gasteiger partial charge in [0.05, 0.1) is 81.6 Å². The molecule has 39 heteroatoms. The van der Waals surface area contributed by atoms with Crippen LogP contribution in [0.15, 0.2) is 67.0 Å². The molecule has 1 aliphatic heterocycles. The highest BCUT2D eigenvalue weighted by Crippen LogP contribution is 2.25. The number of ether oxygens (including phenoxy) is 4. The summed E-state index contributed by atoms with van der Waals surface area (Å²) in [6, 6.07) is -0.958. The van der Waals surface area contributed by atoms with Crippen molar-refractivity contribution in [3.63, 3.8) is 0 Å². The predicted octanol–water partition coefficient (Wildman–Crippen LogP) is -2.53. The Hall–Kier alpha value is -12.0. The van der Waals surface area contributed by atoms with E-state index in [1.54, 1.807) is 36.5 Å². The van der Waals surface area contributed by atoms with E-state index >= 15 is 4.79 Å². The number of carboxylic acids is 1. The van der Waals surface area contributed by atoms with E-state index in [2.05, 4.69) is 82.7 Å². The molecule has 0 saturated carbocycles. The van der Waals surface area contributed by atoms with Crippen LogP contribution in [0.2, 0.25) is 0 Å². The number of aliphatic carboxylic acids is 1. The summed E-state index contributed by atoms with van der Waals surface area (Å²) in [6.45, 7) is 4.55.